The minimum absolute atomic E-state index is 0.347. The zero-order valence-corrected chi connectivity index (χ0v) is 18.8. The highest BCUT2D eigenvalue weighted by molar-refractivity contribution is 9.10. The lowest BCUT2D eigenvalue weighted by Gasteiger charge is -2.17. The highest BCUT2D eigenvalue weighted by Gasteiger charge is 2.20. The first kappa shape index (κ1) is 22.7. The molecule has 8 heteroatoms. The van der Waals surface area contributed by atoms with Crippen molar-refractivity contribution in [3.05, 3.63) is 52.0 Å². The average Bonchev–Trinajstić information content (AvgIpc) is 2.71. The van der Waals surface area contributed by atoms with Gasteiger partial charge in [0.05, 0.1) is 24.9 Å². The molecule has 0 saturated carbocycles. The standard InChI is InChI=1S/C21H26BrN3O4/c1-6-29-19(15-7-9-16(10-8-15)25(2)3)21(26)24-23-13-14-11-17(22)20(28-5)18(12-14)27-4/h7-13,19H,6H2,1-5H3,(H,24,26). The lowest BCUT2D eigenvalue weighted by atomic mass is 10.1. The number of hydrogen-bond acceptors (Lipinski definition) is 6. The predicted octanol–water partition coefficient (Wildman–Crippen LogP) is 3.76. The van der Waals surface area contributed by atoms with Gasteiger partial charge < -0.3 is 19.1 Å². The number of halogens is 1. The first-order valence-corrected chi connectivity index (χ1v) is 9.83. The first-order chi connectivity index (χ1) is 13.9. The second-order valence-corrected chi connectivity index (χ2v) is 7.15. The molecule has 1 unspecified atom stereocenters. The molecule has 1 N–H and O–H groups in total. The number of amides is 1. The summed E-state index contributed by atoms with van der Waals surface area (Å²) in [6.07, 6.45) is 0.786. The lowest BCUT2D eigenvalue weighted by molar-refractivity contribution is -0.132. The van der Waals surface area contributed by atoms with Crippen LogP contribution in [0.4, 0.5) is 5.69 Å². The van der Waals surface area contributed by atoms with Crippen molar-refractivity contribution >= 4 is 33.7 Å². The molecule has 2 rings (SSSR count). The SMILES string of the molecule is CCOC(C(=O)NN=Cc1cc(Br)c(OC)c(OC)c1)c1ccc(N(C)C)cc1. The zero-order valence-electron chi connectivity index (χ0n) is 17.2. The van der Waals surface area contributed by atoms with Crippen LogP contribution in [0.3, 0.4) is 0 Å². The van der Waals surface area contributed by atoms with Gasteiger partial charge in [0.25, 0.3) is 5.91 Å². The van der Waals surface area contributed by atoms with Crippen LogP contribution in [0.15, 0.2) is 46.0 Å². The second-order valence-electron chi connectivity index (χ2n) is 6.29. The number of hydrazone groups is 1. The van der Waals surface area contributed by atoms with Crippen molar-refractivity contribution in [2.45, 2.75) is 13.0 Å². The van der Waals surface area contributed by atoms with E-state index in [4.69, 9.17) is 14.2 Å². The molecular weight excluding hydrogens is 438 g/mol. The van der Waals surface area contributed by atoms with Crippen LogP contribution in [0, 0.1) is 0 Å². The summed E-state index contributed by atoms with van der Waals surface area (Å²) in [5.74, 6) is 0.800. The zero-order chi connectivity index (χ0) is 21.4. The second kappa shape index (κ2) is 10.8. The predicted molar refractivity (Wildman–Crippen MR) is 118 cm³/mol. The smallest absolute Gasteiger partial charge is 0.273 e. The van der Waals surface area contributed by atoms with E-state index in [2.05, 4.69) is 26.5 Å². The van der Waals surface area contributed by atoms with Gasteiger partial charge in [-0.2, -0.15) is 5.10 Å². The van der Waals surface area contributed by atoms with Crippen molar-refractivity contribution in [1.29, 1.82) is 0 Å². The Labute approximate surface area is 179 Å². The van der Waals surface area contributed by atoms with Gasteiger partial charge in [-0.25, -0.2) is 5.43 Å². The van der Waals surface area contributed by atoms with E-state index >= 15 is 0 Å². The maximum atomic E-state index is 12.6. The Hall–Kier alpha value is -2.58. The van der Waals surface area contributed by atoms with E-state index in [0.717, 1.165) is 21.3 Å². The Morgan fingerprint density at radius 3 is 2.45 bits per heavy atom. The lowest BCUT2D eigenvalue weighted by Crippen LogP contribution is -2.27. The largest absolute Gasteiger partial charge is 0.493 e. The maximum absolute atomic E-state index is 12.6. The Kier molecular flexibility index (Phi) is 8.48. The van der Waals surface area contributed by atoms with Crippen LogP contribution in [0.2, 0.25) is 0 Å². The number of rotatable bonds is 9. The quantitative estimate of drug-likeness (QED) is 0.452. The summed E-state index contributed by atoms with van der Waals surface area (Å²) in [4.78, 5) is 14.6. The van der Waals surface area contributed by atoms with Gasteiger partial charge in [-0.3, -0.25) is 4.79 Å². The van der Waals surface area contributed by atoms with Gasteiger partial charge >= 0.3 is 0 Å². The number of benzene rings is 2. The van der Waals surface area contributed by atoms with Crippen LogP contribution in [-0.4, -0.2) is 47.0 Å². The molecule has 1 amide bonds. The highest BCUT2D eigenvalue weighted by Crippen LogP contribution is 2.35. The number of ether oxygens (including phenoxy) is 3. The Morgan fingerprint density at radius 2 is 1.90 bits per heavy atom. The van der Waals surface area contributed by atoms with E-state index in [1.807, 2.05) is 56.3 Å². The van der Waals surface area contributed by atoms with E-state index in [1.54, 1.807) is 20.3 Å². The number of carbonyl (C=O) groups is 1. The van der Waals surface area contributed by atoms with E-state index in [-0.39, 0.29) is 5.91 Å². The van der Waals surface area contributed by atoms with Crippen molar-refractivity contribution in [1.82, 2.24) is 5.43 Å². The van der Waals surface area contributed by atoms with Gasteiger partial charge in [0.2, 0.25) is 0 Å². The number of hydrogen-bond donors (Lipinski definition) is 1. The maximum Gasteiger partial charge on any atom is 0.273 e. The highest BCUT2D eigenvalue weighted by atomic mass is 79.9. The molecule has 156 valence electrons. The number of nitrogens with one attached hydrogen (secondary N) is 1. The van der Waals surface area contributed by atoms with Crippen molar-refractivity contribution in [2.24, 2.45) is 5.10 Å². The number of anilines is 1. The van der Waals surface area contributed by atoms with Crippen LogP contribution in [-0.2, 0) is 9.53 Å². The van der Waals surface area contributed by atoms with Crippen LogP contribution in [0.5, 0.6) is 11.5 Å². The normalized spacial score (nSPS) is 11.9. The molecule has 0 heterocycles. The van der Waals surface area contributed by atoms with E-state index in [0.29, 0.717) is 18.1 Å². The molecule has 2 aromatic carbocycles. The number of carbonyl (C=O) groups excluding carboxylic acids is 1. The summed E-state index contributed by atoms with van der Waals surface area (Å²) in [6, 6.07) is 11.2. The topological polar surface area (TPSA) is 72.4 Å². The molecule has 2 aromatic rings. The summed E-state index contributed by atoms with van der Waals surface area (Å²) in [5.41, 5.74) is 5.09. The molecule has 0 aliphatic carbocycles. The van der Waals surface area contributed by atoms with Crippen molar-refractivity contribution < 1.29 is 19.0 Å². The van der Waals surface area contributed by atoms with Gasteiger partial charge in [0, 0.05) is 26.4 Å². The van der Waals surface area contributed by atoms with Crippen molar-refractivity contribution in [3.8, 4) is 11.5 Å². The van der Waals surface area contributed by atoms with Crippen LogP contribution >= 0.6 is 15.9 Å². The van der Waals surface area contributed by atoms with Gasteiger partial charge in [-0.1, -0.05) is 12.1 Å². The Morgan fingerprint density at radius 1 is 1.21 bits per heavy atom. The fourth-order valence-corrected chi connectivity index (χ4v) is 3.30. The third-order valence-corrected chi connectivity index (χ3v) is 4.72. The van der Waals surface area contributed by atoms with Gasteiger partial charge in [-0.05, 0) is 58.2 Å². The number of methoxy groups -OCH3 is 2. The molecule has 0 saturated heterocycles. The summed E-state index contributed by atoms with van der Waals surface area (Å²) in [5, 5.41) is 4.06. The Bertz CT molecular complexity index is 854. The fourth-order valence-electron chi connectivity index (χ4n) is 2.68. The van der Waals surface area contributed by atoms with E-state index in [1.165, 1.54) is 6.21 Å². The number of nitrogens with zero attached hydrogens (tertiary/aromatic N) is 2. The minimum Gasteiger partial charge on any atom is -0.493 e. The van der Waals surface area contributed by atoms with Gasteiger partial charge in [-0.15, -0.1) is 0 Å². The molecule has 0 bridgehead atoms. The molecule has 1 atom stereocenters. The third-order valence-electron chi connectivity index (χ3n) is 4.13. The molecule has 0 aliphatic heterocycles. The molecule has 0 fully saturated rings. The molecule has 7 nitrogen and oxygen atoms in total. The summed E-state index contributed by atoms with van der Waals surface area (Å²) < 4.78 is 17.0. The molecular formula is C21H26BrN3O4. The monoisotopic (exact) mass is 463 g/mol. The van der Waals surface area contributed by atoms with Crippen molar-refractivity contribution in [3.63, 3.8) is 0 Å². The van der Waals surface area contributed by atoms with Crippen LogP contribution in [0.25, 0.3) is 0 Å². The van der Waals surface area contributed by atoms with E-state index in [9.17, 15) is 4.79 Å². The third kappa shape index (κ3) is 5.95. The summed E-state index contributed by atoms with van der Waals surface area (Å²) in [7, 11) is 7.04. The van der Waals surface area contributed by atoms with Gasteiger partial charge in [0.15, 0.2) is 17.6 Å². The van der Waals surface area contributed by atoms with E-state index < -0.39 is 6.10 Å². The molecule has 0 aromatic heterocycles. The molecule has 0 radical (unpaired) electrons. The fraction of sp³-hybridized carbons (Fsp3) is 0.333. The first-order valence-electron chi connectivity index (χ1n) is 9.04. The Balaban J connectivity index is 2.13. The molecule has 29 heavy (non-hydrogen) atoms. The average molecular weight is 464 g/mol. The van der Waals surface area contributed by atoms with Gasteiger partial charge in [0.1, 0.15) is 0 Å². The van der Waals surface area contributed by atoms with Crippen LogP contribution < -0.4 is 19.8 Å². The molecule has 0 spiro atoms. The minimum atomic E-state index is -0.745. The van der Waals surface area contributed by atoms with Crippen molar-refractivity contribution in [2.75, 3.05) is 39.8 Å². The van der Waals surface area contributed by atoms with Crippen LogP contribution in [0.1, 0.15) is 24.2 Å². The summed E-state index contributed by atoms with van der Waals surface area (Å²) >= 11 is 3.43. The molecule has 0 aliphatic rings. The summed E-state index contributed by atoms with van der Waals surface area (Å²) in [6.45, 7) is 2.25.